The van der Waals surface area contributed by atoms with Crippen molar-refractivity contribution in [2.75, 3.05) is 0 Å². The molecule has 2 aromatic rings. The smallest absolute Gasteiger partial charge is 0.272 e. The predicted octanol–water partition coefficient (Wildman–Crippen LogP) is 3.59. The number of aromatic nitrogens is 1. The van der Waals surface area contributed by atoms with Crippen LogP contribution < -0.4 is 10.1 Å². The Kier molecular flexibility index (Phi) is 5.28. The number of benzene rings is 1. The van der Waals surface area contributed by atoms with Crippen LogP contribution in [0, 0.1) is 0 Å². The van der Waals surface area contributed by atoms with Crippen molar-refractivity contribution in [3.8, 4) is 5.75 Å². The van der Waals surface area contributed by atoms with Gasteiger partial charge >= 0.3 is 0 Å². The van der Waals surface area contributed by atoms with Gasteiger partial charge < -0.3 is 10.1 Å². The summed E-state index contributed by atoms with van der Waals surface area (Å²) in [5, 5.41) is 2.50. The lowest BCUT2D eigenvalue weighted by molar-refractivity contribution is 0.0828. The van der Waals surface area contributed by atoms with Crippen LogP contribution in [0.4, 0.5) is 0 Å². The summed E-state index contributed by atoms with van der Waals surface area (Å²) < 4.78 is 3.68. The first kappa shape index (κ1) is 15.9. The molecule has 1 atom stereocenters. The van der Waals surface area contributed by atoms with Gasteiger partial charge in [-0.2, -0.15) is 0 Å². The molecule has 1 aromatic heterocycles. The van der Waals surface area contributed by atoms with Gasteiger partial charge in [-0.3, -0.25) is 9.78 Å². The topological polar surface area (TPSA) is 51.2 Å². The highest BCUT2D eigenvalue weighted by Gasteiger charge is 2.36. The van der Waals surface area contributed by atoms with E-state index in [4.69, 9.17) is 39.5 Å². The standard InChI is InChI=1S/C14H11Cl3N2O2/c15-14(16,17)13(21-10-6-2-1-3-7-10)19-12(20)11-8-4-5-9-18-11/h1-9,13H,(H,19,20). The molecule has 0 spiro atoms. The normalized spacial score (nSPS) is 12.5. The van der Waals surface area contributed by atoms with Crippen molar-refractivity contribution in [1.29, 1.82) is 0 Å². The fraction of sp³-hybridized carbons (Fsp3) is 0.143. The Morgan fingerprint density at radius 3 is 2.33 bits per heavy atom. The Morgan fingerprint density at radius 2 is 1.76 bits per heavy atom. The Morgan fingerprint density at radius 1 is 1.10 bits per heavy atom. The van der Waals surface area contributed by atoms with Crippen LogP contribution in [0.25, 0.3) is 0 Å². The first-order valence-corrected chi connectivity index (χ1v) is 7.10. The first-order chi connectivity index (χ1) is 9.97. The summed E-state index contributed by atoms with van der Waals surface area (Å²) in [5.74, 6) is -0.0296. The number of pyridine rings is 1. The molecule has 0 radical (unpaired) electrons. The minimum atomic E-state index is -1.83. The van der Waals surface area contributed by atoms with E-state index >= 15 is 0 Å². The molecule has 0 fully saturated rings. The summed E-state index contributed by atoms with van der Waals surface area (Å²) in [5.41, 5.74) is 0.202. The molecule has 0 aliphatic heterocycles. The Bertz CT molecular complexity index is 588. The average Bonchev–Trinajstić information content (AvgIpc) is 2.47. The van der Waals surface area contributed by atoms with Crippen molar-refractivity contribution < 1.29 is 9.53 Å². The van der Waals surface area contributed by atoms with Crippen LogP contribution in [0.2, 0.25) is 0 Å². The second-order valence-electron chi connectivity index (χ2n) is 4.04. The third-order valence-electron chi connectivity index (χ3n) is 2.45. The van der Waals surface area contributed by atoms with E-state index in [1.165, 1.54) is 6.20 Å². The summed E-state index contributed by atoms with van der Waals surface area (Å²) in [7, 11) is 0. The number of rotatable bonds is 4. The van der Waals surface area contributed by atoms with Gasteiger partial charge in [0.15, 0.2) is 0 Å². The third-order valence-corrected chi connectivity index (χ3v) is 3.05. The number of ether oxygens (including phenoxy) is 1. The SMILES string of the molecule is O=C(NC(Oc1ccccc1)C(Cl)(Cl)Cl)c1ccccn1. The lowest BCUT2D eigenvalue weighted by atomic mass is 10.3. The fourth-order valence-electron chi connectivity index (χ4n) is 1.50. The summed E-state index contributed by atoms with van der Waals surface area (Å²) in [6.07, 6.45) is 0.344. The molecule has 1 aromatic carbocycles. The molecule has 7 heteroatoms. The number of halogens is 3. The van der Waals surface area contributed by atoms with E-state index in [0.29, 0.717) is 5.75 Å². The lowest BCUT2D eigenvalue weighted by Gasteiger charge is -2.26. The van der Waals surface area contributed by atoms with E-state index in [-0.39, 0.29) is 5.69 Å². The van der Waals surface area contributed by atoms with Crippen LogP contribution in [0.15, 0.2) is 54.7 Å². The van der Waals surface area contributed by atoms with E-state index in [0.717, 1.165) is 0 Å². The first-order valence-electron chi connectivity index (χ1n) is 5.97. The number of alkyl halides is 3. The maximum Gasteiger partial charge on any atom is 0.272 e. The van der Waals surface area contributed by atoms with Crippen molar-refractivity contribution in [2.24, 2.45) is 0 Å². The van der Waals surface area contributed by atoms with Crippen LogP contribution in [-0.4, -0.2) is 20.9 Å². The molecule has 0 saturated heterocycles. The van der Waals surface area contributed by atoms with Crippen molar-refractivity contribution in [2.45, 2.75) is 10.0 Å². The van der Waals surface area contributed by atoms with Gasteiger partial charge in [0, 0.05) is 6.20 Å². The highest BCUT2D eigenvalue weighted by molar-refractivity contribution is 6.68. The van der Waals surface area contributed by atoms with E-state index in [1.54, 1.807) is 42.5 Å². The van der Waals surface area contributed by atoms with Gasteiger partial charge in [0.05, 0.1) is 0 Å². The van der Waals surface area contributed by atoms with Gasteiger partial charge in [-0.25, -0.2) is 0 Å². The second kappa shape index (κ2) is 6.98. The van der Waals surface area contributed by atoms with Crippen molar-refractivity contribution in [3.63, 3.8) is 0 Å². The molecule has 4 nitrogen and oxygen atoms in total. The Balaban J connectivity index is 2.12. The number of nitrogens with one attached hydrogen (secondary N) is 1. The van der Waals surface area contributed by atoms with Gasteiger partial charge in [-0.1, -0.05) is 59.1 Å². The maximum absolute atomic E-state index is 12.1. The lowest BCUT2D eigenvalue weighted by Crippen LogP contribution is -2.48. The van der Waals surface area contributed by atoms with Crippen molar-refractivity contribution in [1.82, 2.24) is 10.3 Å². The monoisotopic (exact) mass is 344 g/mol. The molecule has 0 aliphatic carbocycles. The third kappa shape index (κ3) is 4.77. The molecule has 0 bridgehead atoms. The minimum absolute atomic E-state index is 0.202. The second-order valence-corrected chi connectivity index (χ2v) is 6.41. The molecule has 0 saturated carbocycles. The van der Waals surface area contributed by atoms with Gasteiger partial charge in [0.25, 0.3) is 5.91 Å². The zero-order chi connectivity index (χ0) is 15.3. The quantitative estimate of drug-likeness (QED) is 0.680. The molecule has 1 unspecified atom stereocenters. The molecule has 21 heavy (non-hydrogen) atoms. The van der Waals surface area contributed by atoms with Gasteiger partial charge in [-0.05, 0) is 24.3 Å². The van der Waals surface area contributed by atoms with Gasteiger partial charge in [0.2, 0.25) is 10.0 Å². The van der Waals surface area contributed by atoms with Crippen LogP contribution in [0.5, 0.6) is 5.75 Å². The maximum atomic E-state index is 12.1. The van der Waals surface area contributed by atoms with E-state index in [2.05, 4.69) is 10.3 Å². The van der Waals surface area contributed by atoms with Crippen molar-refractivity contribution >= 4 is 40.7 Å². The predicted molar refractivity (Wildman–Crippen MR) is 82.9 cm³/mol. The molecule has 1 N–H and O–H groups in total. The molecule has 1 heterocycles. The van der Waals surface area contributed by atoms with E-state index in [1.807, 2.05) is 6.07 Å². The van der Waals surface area contributed by atoms with Gasteiger partial charge in [-0.15, -0.1) is 0 Å². The number of hydrogen-bond donors (Lipinski definition) is 1. The molecule has 2 rings (SSSR count). The molecular formula is C14H11Cl3N2O2. The molecule has 110 valence electrons. The molecular weight excluding hydrogens is 335 g/mol. The fourth-order valence-corrected chi connectivity index (χ4v) is 1.80. The number of hydrogen-bond acceptors (Lipinski definition) is 3. The summed E-state index contributed by atoms with van der Waals surface area (Å²) in [6, 6.07) is 13.7. The average molecular weight is 346 g/mol. The molecule has 1 amide bonds. The van der Waals surface area contributed by atoms with Crippen LogP contribution >= 0.6 is 34.8 Å². The van der Waals surface area contributed by atoms with Crippen LogP contribution in [-0.2, 0) is 0 Å². The van der Waals surface area contributed by atoms with Crippen LogP contribution in [0.1, 0.15) is 10.5 Å². The van der Waals surface area contributed by atoms with E-state index < -0.39 is 15.9 Å². The summed E-state index contributed by atoms with van der Waals surface area (Å²) in [6.45, 7) is 0. The van der Waals surface area contributed by atoms with E-state index in [9.17, 15) is 4.79 Å². The zero-order valence-electron chi connectivity index (χ0n) is 10.7. The largest absolute Gasteiger partial charge is 0.466 e. The number of amides is 1. The number of para-hydroxylation sites is 1. The number of carbonyl (C=O) groups excluding carboxylic acids is 1. The Hall–Kier alpha value is -1.49. The summed E-state index contributed by atoms with van der Waals surface area (Å²) >= 11 is 17.6. The number of carbonyl (C=O) groups is 1. The highest BCUT2D eigenvalue weighted by atomic mass is 35.6. The summed E-state index contributed by atoms with van der Waals surface area (Å²) in [4.78, 5) is 16.0. The highest BCUT2D eigenvalue weighted by Crippen LogP contribution is 2.32. The van der Waals surface area contributed by atoms with Gasteiger partial charge in [0.1, 0.15) is 11.4 Å². The zero-order valence-corrected chi connectivity index (χ0v) is 12.9. The van der Waals surface area contributed by atoms with Crippen molar-refractivity contribution in [3.05, 3.63) is 60.4 Å². The van der Waals surface area contributed by atoms with Crippen LogP contribution in [0.3, 0.4) is 0 Å². The number of nitrogens with zero attached hydrogens (tertiary/aromatic N) is 1. The Labute approximate surface area is 137 Å². The molecule has 0 aliphatic rings. The minimum Gasteiger partial charge on any atom is -0.466 e.